The van der Waals surface area contributed by atoms with Gasteiger partial charge < -0.3 is 4.74 Å². The van der Waals surface area contributed by atoms with Gasteiger partial charge in [0.25, 0.3) is 0 Å². The molecule has 0 rings (SSSR count). The zero-order valence-electron chi connectivity index (χ0n) is 10.8. The second kappa shape index (κ2) is 7.91. The van der Waals surface area contributed by atoms with E-state index >= 15 is 0 Å². The van der Waals surface area contributed by atoms with Crippen molar-refractivity contribution in [1.82, 2.24) is 0 Å². The highest BCUT2D eigenvalue weighted by atomic mass is 16.5. The maximum atomic E-state index is 11.1. The van der Waals surface area contributed by atoms with Gasteiger partial charge in [0.15, 0.2) is 0 Å². The lowest BCUT2D eigenvalue weighted by Crippen LogP contribution is -2.02. The highest BCUT2D eigenvalue weighted by Gasteiger charge is 2.03. The Balaban J connectivity index is 4.00. The van der Waals surface area contributed by atoms with Gasteiger partial charge in [-0.25, -0.2) is 4.79 Å². The number of ether oxygens (including phenoxy) is 1. The molecule has 0 aliphatic carbocycles. The molecule has 0 aromatic heterocycles. The fraction of sp³-hybridized carbons (Fsp3) is 0.500. The number of hydrogen-bond donors (Lipinski definition) is 0. The average Bonchev–Trinajstić information content (AvgIpc) is 2.24. The van der Waals surface area contributed by atoms with E-state index in [2.05, 4.69) is 38.2 Å². The van der Waals surface area contributed by atoms with Gasteiger partial charge in [0, 0.05) is 5.57 Å². The Morgan fingerprint density at radius 1 is 1.25 bits per heavy atom. The van der Waals surface area contributed by atoms with Crippen LogP contribution in [0.5, 0.6) is 0 Å². The van der Waals surface area contributed by atoms with Gasteiger partial charge in [-0.1, -0.05) is 29.9 Å². The van der Waals surface area contributed by atoms with Gasteiger partial charge in [0.2, 0.25) is 0 Å². The van der Waals surface area contributed by atoms with Crippen LogP contribution in [-0.4, -0.2) is 13.1 Å². The van der Waals surface area contributed by atoms with E-state index in [9.17, 15) is 4.79 Å². The SMILES string of the molecule is C=C(CC=C(C)CCC=C(C)C)C(=O)OC. The summed E-state index contributed by atoms with van der Waals surface area (Å²) in [6.45, 7) is 9.94. The Morgan fingerprint density at radius 3 is 2.38 bits per heavy atom. The predicted octanol–water partition coefficient (Wildman–Crippen LogP) is 3.80. The molecular weight excluding hydrogens is 200 g/mol. The lowest BCUT2D eigenvalue weighted by molar-refractivity contribution is -0.136. The molecule has 0 atom stereocenters. The van der Waals surface area contributed by atoms with E-state index < -0.39 is 0 Å². The van der Waals surface area contributed by atoms with Crippen LogP contribution in [0.1, 0.15) is 40.0 Å². The van der Waals surface area contributed by atoms with Crippen molar-refractivity contribution in [2.75, 3.05) is 7.11 Å². The molecule has 0 bridgehead atoms. The standard InChI is InChI=1S/C14H22O2/c1-11(2)7-6-8-12(3)9-10-13(4)14(15)16-5/h7,9H,4,6,8,10H2,1-3,5H3. The summed E-state index contributed by atoms with van der Waals surface area (Å²) in [5.41, 5.74) is 3.12. The average molecular weight is 222 g/mol. The molecular formula is C14H22O2. The zero-order chi connectivity index (χ0) is 12.6. The van der Waals surface area contributed by atoms with Crippen LogP contribution >= 0.6 is 0 Å². The molecule has 0 aromatic carbocycles. The minimum atomic E-state index is -0.326. The summed E-state index contributed by atoms with van der Waals surface area (Å²) in [5, 5.41) is 0. The first-order chi connectivity index (χ1) is 7.47. The van der Waals surface area contributed by atoms with Crippen LogP contribution in [-0.2, 0) is 9.53 Å². The largest absolute Gasteiger partial charge is 0.466 e. The molecule has 16 heavy (non-hydrogen) atoms. The normalized spacial score (nSPS) is 10.9. The number of rotatable bonds is 6. The smallest absolute Gasteiger partial charge is 0.333 e. The molecule has 0 radical (unpaired) electrons. The zero-order valence-corrected chi connectivity index (χ0v) is 10.8. The van der Waals surface area contributed by atoms with E-state index in [1.807, 2.05) is 6.08 Å². The summed E-state index contributed by atoms with van der Waals surface area (Å²) in [4.78, 5) is 11.1. The molecule has 0 amide bonds. The third kappa shape index (κ3) is 7.04. The third-order valence-corrected chi connectivity index (χ3v) is 2.26. The van der Waals surface area contributed by atoms with Gasteiger partial charge >= 0.3 is 5.97 Å². The maximum absolute atomic E-state index is 11.1. The summed E-state index contributed by atoms with van der Waals surface area (Å²) < 4.78 is 4.58. The second-order valence-electron chi connectivity index (χ2n) is 4.17. The summed E-state index contributed by atoms with van der Waals surface area (Å²) in [6, 6.07) is 0. The van der Waals surface area contributed by atoms with Gasteiger partial charge in [0.1, 0.15) is 0 Å². The maximum Gasteiger partial charge on any atom is 0.333 e. The number of hydrogen-bond acceptors (Lipinski definition) is 2. The minimum absolute atomic E-state index is 0.326. The van der Waals surface area contributed by atoms with Crippen LogP contribution in [0.15, 0.2) is 35.5 Å². The highest BCUT2D eigenvalue weighted by molar-refractivity contribution is 5.87. The van der Waals surface area contributed by atoms with Crippen molar-refractivity contribution >= 4 is 5.97 Å². The Labute approximate surface area is 98.7 Å². The van der Waals surface area contributed by atoms with Crippen molar-refractivity contribution in [3.63, 3.8) is 0 Å². The topological polar surface area (TPSA) is 26.3 Å². The van der Waals surface area contributed by atoms with Crippen LogP contribution in [0.25, 0.3) is 0 Å². The number of carbonyl (C=O) groups excluding carboxylic acids is 1. The van der Waals surface area contributed by atoms with Gasteiger partial charge in [-0.05, 0) is 40.0 Å². The molecule has 0 fully saturated rings. The summed E-state index contributed by atoms with van der Waals surface area (Å²) in [6.07, 6.45) is 6.91. The van der Waals surface area contributed by atoms with E-state index in [1.54, 1.807) is 0 Å². The lowest BCUT2D eigenvalue weighted by atomic mass is 10.1. The Morgan fingerprint density at radius 2 is 1.88 bits per heavy atom. The van der Waals surface area contributed by atoms with Crippen molar-refractivity contribution in [3.05, 3.63) is 35.5 Å². The lowest BCUT2D eigenvalue weighted by Gasteiger charge is -2.01. The molecule has 0 heterocycles. The quantitative estimate of drug-likeness (QED) is 0.388. The molecule has 0 aliphatic rings. The monoisotopic (exact) mass is 222 g/mol. The fourth-order valence-electron chi connectivity index (χ4n) is 1.22. The molecule has 0 aromatic rings. The minimum Gasteiger partial charge on any atom is -0.466 e. The Kier molecular flexibility index (Phi) is 7.27. The van der Waals surface area contributed by atoms with E-state index in [-0.39, 0.29) is 5.97 Å². The predicted molar refractivity (Wildman–Crippen MR) is 68.2 cm³/mol. The van der Waals surface area contributed by atoms with Crippen molar-refractivity contribution in [1.29, 1.82) is 0 Å². The summed E-state index contributed by atoms with van der Waals surface area (Å²) in [7, 11) is 1.37. The third-order valence-electron chi connectivity index (χ3n) is 2.26. The van der Waals surface area contributed by atoms with Crippen LogP contribution in [0, 0.1) is 0 Å². The number of esters is 1. The van der Waals surface area contributed by atoms with Crippen molar-refractivity contribution < 1.29 is 9.53 Å². The number of carbonyl (C=O) groups is 1. The number of allylic oxidation sites excluding steroid dienone is 4. The van der Waals surface area contributed by atoms with E-state index in [0.717, 1.165) is 12.8 Å². The van der Waals surface area contributed by atoms with Crippen LogP contribution in [0.2, 0.25) is 0 Å². The van der Waals surface area contributed by atoms with E-state index in [4.69, 9.17) is 0 Å². The van der Waals surface area contributed by atoms with Crippen molar-refractivity contribution in [3.8, 4) is 0 Å². The van der Waals surface area contributed by atoms with Gasteiger partial charge in [-0.15, -0.1) is 0 Å². The van der Waals surface area contributed by atoms with Crippen LogP contribution < -0.4 is 0 Å². The first-order valence-corrected chi connectivity index (χ1v) is 5.52. The molecule has 90 valence electrons. The molecule has 2 heteroatoms. The Bertz CT molecular complexity index is 305. The van der Waals surface area contributed by atoms with Crippen LogP contribution in [0.3, 0.4) is 0 Å². The first kappa shape index (κ1) is 14.7. The molecule has 0 unspecified atom stereocenters. The summed E-state index contributed by atoms with van der Waals surface area (Å²) >= 11 is 0. The molecule has 0 spiro atoms. The fourth-order valence-corrected chi connectivity index (χ4v) is 1.22. The highest BCUT2D eigenvalue weighted by Crippen LogP contribution is 2.10. The van der Waals surface area contributed by atoms with Crippen molar-refractivity contribution in [2.24, 2.45) is 0 Å². The van der Waals surface area contributed by atoms with E-state index in [1.165, 1.54) is 18.3 Å². The van der Waals surface area contributed by atoms with Gasteiger partial charge in [0.05, 0.1) is 7.11 Å². The Hall–Kier alpha value is -1.31. The van der Waals surface area contributed by atoms with Gasteiger partial charge in [-0.2, -0.15) is 0 Å². The van der Waals surface area contributed by atoms with E-state index in [0.29, 0.717) is 12.0 Å². The van der Waals surface area contributed by atoms with Crippen LogP contribution in [0.4, 0.5) is 0 Å². The first-order valence-electron chi connectivity index (χ1n) is 5.52. The molecule has 0 saturated carbocycles. The molecule has 0 aliphatic heterocycles. The molecule has 0 N–H and O–H groups in total. The summed E-state index contributed by atoms with van der Waals surface area (Å²) in [5.74, 6) is -0.326. The second-order valence-corrected chi connectivity index (χ2v) is 4.17. The number of methoxy groups -OCH3 is 1. The van der Waals surface area contributed by atoms with Gasteiger partial charge in [-0.3, -0.25) is 0 Å². The molecule has 2 nitrogen and oxygen atoms in total. The van der Waals surface area contributed by atoms with Crippen molar-refractivity contribution in [2.45, 2.75) is 40.0 Å². The molecule has 0 saturated heterocycles.